The smallest absolute Gasteiger partial charge is 0.310 e. The summed E-state index contributed by atoms with van der Waals surface area (Å²) in [7, 11) is 0. The van der Waals surface area contributed by atoms with Gasteiger partial charge >= 0.3 is 5.97 Å². The zero-order valence-electron chi connectivity index (χ0n) is 25.4. The summed E-state index contributed by atoms with van der Waals surface area (Å²) < 4.78 is 4.12. The molecule has 0 radical (unpaired) electrons. The summed E-state index contributed by atoms with van der Waals surface area (Å²) in [6.07, 6.45) is 7.75. The summed E-state index contributed by atoms with van der Waals surface area (Å²) in [5.74, 6) is 0.734. The average molecular weight is 557 g/mol. The van der Waals surface area contributed by atoms with E-state index in [1.807, 2.05) is 44.6 Å². The van der Waals surface area contributed by atoms with Crippen molar-refractivity contribution in [3.63, 3.8) is 0 Å². The molecule has 0 unspecified atom stereocenters. The van der Waals surface area contributed by atoms with Gasteiger partial charge in [0, 0.05) is 31.4 Å². The third kappa shape index (κ3) is 5.67. The number of fused-ring (bicyclic) bond motifs is 1. The van der Waals surface area contributed by atoms with Gasteiger partial charge in [0.2, 0.25) is 0 Å². The molecule has 4 aromatic rings. The van der Waals surface area contributed by atoms with E-state index >= 15 is 0 Å². The third-order valence-corrected chi connectivity index (χ3v) is 9.36. The normalized spacial score (nSPS) is 16.0. The topological polar surface area (TPSA) is 89.1 Å². The molecule has 1 fully saturated rings. The van der Waals surface area contributed by atoms with Gasteiger partial charge in [0.15, 0.2) is 0 Å². The van der Waals surface area contributed by atoms with E-state index in [2.05, 4.69) is 64.1 Å². The van der Waals surface area contributed by atoms with Crippen LogP contribution in [0.1, 0.15) is 86.5 Å². The lowest BCUT2D eigenvalue weighted by Gasteiger charge is -2.33. The highest BCUT2D eigenvalue weighted by atomic mass is 16.4. The van der Waals surface area contributed by atoms with Crippen molar-refractivity contribution < 1.29 is 9.90 Å². The summed E-state index contributed by atoms with van der Waals surface area (Å²) in [5, 5.41) is 19.1. The highest BCUT2D eigenvalue weighted by Crippen LogP contribution is 2.44. The number of aromatic nitrogens is 5. The molecule has 218 valence electrons. The Hall–Kier alpha value is -3.52. The maximum absolute atomic E-state index is 12.7. The van der Waals surface area contributed by atoms with Crippen molar-refractivity contribution in [1.29, 1.82) is 0 Å². The number of carbonyl (C=O) groups is 1. The van der Waals surface area contributed by atoms with E-state index in [1.54, 1.807) is 0 Å². The highest BCUT2D eigenvalue weighted by molar-refractivity contribution is 5.82. The van der Waals surface area contributed by atoms with Gasteiger partial charge < -0.3 is 9.67 Å². The average Bonchev–Trinajstić information content (AvgIpc) is 3.59. The second-order valence-electron chi connectivity index (χ2n) is 12.3. The van der Waals surface area contributed by atoms with Crippen LogP contribution in [0.5, 0.6) is 0 Å². The van der Waals surface area contributed by atoms with E-state index in [9.17, 15) is 9.90 Å². The molecule has 41 heavy (non-hydrogen) atoms. The predicted molar refractivity (Wildman–Crippen MR) is 162 cm³/mol. The number of hydrogen-bond acceptors (Lipinski definition) is 5. The number of imidazole rings is 1. The lowest BCUT2D eigenvalue weighted by molar-refractivity contribution is -0.147. The summed E-state index contributed by atoms with van der Waals surface area (Å²) in [5.41, 5.74) is 6.05. The van der Waals surface area contributed by atoms with Crippen LogP contribution < -0.4 is 0 Å². The molecule has 8 heteroatoms. The van der Waals surface area contributed by atoms with Crippen LogP contribution in [0.3, 0.4) is 0 Å². The van der Waals surface area contributed by atoms with Gasteiger partial charge in [0.25, 0.3) is 0 Å². The molecular formula is C33H44N6O2. The van der Waals surface area contributed by atoms with Crippen LogP contribution in [-0.2, 0) is 24.4 Å². The number of carboxylic acid groups (broad SMARTS) is 1. The second kappa shape index (κ2) is 11.8. The van der Waals surface area contributed by atoms with Crippen molar-refractivity contribution in [1.82, 2.24) is 29.4 Å². The quantitative estimate of drug-likeness (QED) is 0.251. The number of aliphatic carboxylic acids is 1. The van der Waals surface area contributed by atoms with E-state index in [0.717, 1.165) is 65.6 Å². The zero-order valence-corrected chi connectivity index (χ0v) is 25.4. The fraction of sp³-hybridized carbons (Fsp3) is 0.515. The molecule has 0 spiro atoms. The van der Waals surface area contributed by atoms with Crippen molar-refractivity contribution in [2.24, 2.45) is 11.3 Å². The Morgan fingerprint density at radius 2 is 1.85 bits per heavy atom. The van der Waals surface area contributed by atoms with E-state index in [-0.39, 0.29) is 5.92 Å². The first-order chi connectivity index (χ1) is 19.6. The predicted octanol–water partition coefficient (Wildman–Crippen LogP) is 6.18. The number of likely N-dealkylation sites (tertiary alicyclic amines) is 1. The van der Waals surface area contributed by atoms with Crippen LogP contribution in [0.4, 0.5) is 0 Å². The minimum atomic E-state index is -1.05. The molecule has 1 saturated heterocycles. The molecule has 2 aromatic heterocycles. The highest BCUT2D eigenvalue weighted by Gasteiger charge is 2.40. The first-order valence-electron chi connectivity index (χ1n) is 15.0. The first-order valence-corrected chi connectivity index (χ1v) is 15.0. The Kier molecular flexibility index (Phi) is 8.32. The molecule has 2 aromatic carbocycles. The minimum Gasteiger partial charge on any atom is -0.481 e. The second-order valence-corrected chi connectivity index (χ2v) is 12.3. The molecular weight excluding hydrogens is 512 g/mol. The Bertz CT molecular complexity index is 1530. The van der Waals surface area contributed by atoms with Gasteiger partial charge in [-0.05, 0) is 100 Å². The van der Waals surface area contributed by atoms with Crippen LogP contribution in [0, 0.1) is 25.2 Å². The van der Waals surface area contributed by atoms with Crippen molar-refractivity contribution >= 4 is 17.0 Å². The third-order valence-electron chi connectivity index (χ3n) is 9.36. The number of hydrogen-bond donors (Lipinski definition) is 1. The molecule has 1 aliphatic heterocycles. The van der Waals surface area contributed by atoms with Crippen LogP contribution in [0.25, 0.3) is 11.0 Å². The maximum Gasteiger partial charge on any atom is 0.310 e. The molecule has 1 N–H and O–H groups in total. The molecule has 0 amide bonds. The maximum atomic E-state index is 12.7. The SMILES string of the molecule is CCC1CCN(Cc2nccn2Cc2cc([C@@H](c3ccc4c(nnn4CC)c3C)C(C)(C)C(=O)O)ccc2C)CC1. The van der Waals surface area contributed by atoms with E-state index < -0.39 is 11.4 Å². The monoisotopic (exact) mass is 556 g/mol. The van der Waals surface area contributed by atoms with Gasteiger partial charge in [-0.3, -0.25) is 9.69 Å². The van der Waals surface area contributed by atoms with Crippen LogP contribution in [0.2, 0.25) is 0 Å². The van der Waals surface area contributed by atoms with Gasteiger partial charge in [0.1, 0.15) is 11.3 Å². The fourth-order valence-electron chi connectivity index (χ4n) is 6.45. The molecule has 0 aliphatic carbocycles. The van der Waals surface area contributed by atoms with Gasteiger partial charge in [-0.2, -0.15) is 0 Å². The van der Waals surface area contributed by atoms with E-state index in [0.29, 0.717) is 6.54 Å². The lowest BCUT2D eigenvalue weighted by atomic mass is 9.69. The Balaban J connectivity index is 1.49. The Morgan fingerprint density at radius 3 is 2.54 bits per heavy atom. The number of rotatable bonds is 10. The Labute approximate surface area is 243 Å². The van der Waals surface area contributed by atoms with Crippen molar-refractivity contribution in [3.8, 4) is 0 Å². The van der Waals surface area contributed by atoms with Crippen molar-refractivity contribution in [2.45, 2.75) is 86.4 Å². The first kappa shape index (κ1) is 29.0. The summed E-state index contributed by atoms with van der Waals surface area (Å²) in [6, 6.07) is 10.5. The molecule has 5 rings (SSSR count). The number of piperidine rings is 1. The summed E-state index contributed by atoms with van der Waals surface area (Å²) >= 11 is 0. The molecule has 0 bridgehead atoms. The Morgan fingerprint density at radius 1 is 1.10 bits per heavy atom. The molecule has 8 nitrogen and oxygen atoms in total. The lowest BCUT2D eigenvalue weighted by Crippen LogP contribution is -2.34. The number of benzene rings is 2. The molecule has 1 atom stereocenters. The van der Waals surface area contributed by atoms with Gasteiger partial charge in [-0.1, -0.05) is 42.8 Å². The molecule has 3 heterocycles. The van der Waals surface area contributed by atoms with Crippen molar-refractivity contribution in [2.75, 3.05) is 13.1 Å². The zero-order chi connectivity index (χ0) is 29.3. The largest absolute Gasteiger partial charge is 0.481 e. The van der Waals surface area contributed by atoms with E-state index in [1.165, 1.54) is 30.4 Å². The van der Waals surface area contributed by atoms with Gasteiger partial charge in [-0.15, -0.1) is 5.10 Å². The number of aryl methyl sites for hydroxylation is 3. The summed E-state index contributed by atoms with van der Waals surface area (Å²) in [4.78, 5) is 19.9. The van der Waals surface area contributed by atoms with Crippen LogP contribution >= 0.6 is 0 Å². The minimum absolute atomic E-state index is 0.363. The summed E-state index contributed by atoms with van der Waals surface area (Å²) in [6.45, 7) is 16.7. The number of carboxylic acids is 1. The standard InChI is InChI=1S/C33H44N6O2/c1-7-24-13-16-37(17-14-24)21-29-34-15-18-38(29)20-26-19-25(10-9-22(26)3)30(33(5,6)32(40)41)27-11-12-28-31(23(27)4)35-36-39(28)8-2/h9-12,15,18-19,24,30H,7-8,13-14,16-17,20-21H2,1-6H3,(H,40,41)/t30-/m0/s1. The van der Waals surface area contributed by atoms with Crippen LogP contribution in [-0.4, -0.2) is 53.6 Å². The van der Waals surface area contributed by atoms with Gasteiger partial charge in [-0.25, -0.2) is 9.67 Å². The number of nitrogens with zero attached hydrogens (tertiary/aromatic N) is 6. The van der Waals surface area contributed by atoms with Gasteiger partial charge in [0.05, 0.1) is 17.5 Å². The molecule has 0 saturated carbocycles. The fourth-order valence-corrected chi connectivity index (χ4v) is 6.45. The molecule has 1 aliphatic rings. The van der Waals surface area contributed by atoms with Crippen molar-refractivity contribution in [3.05, 3.63) is 76.4 Å². The van der Waals surface area contributed by atoms with Crippen LogP contribution in [0.15, 0.2) is 42.7 Å². The van der Waals surface area contributed by atoms with E-state index in [4.69, 9.17) is 4.98 Å².